The minimum Gasteiger partial charge on any atom is -0.376 e. The van der Waals surface area contributed by atoms with Crippen LogP contribution in [0.5, 0.6) is 0 Å². The van der Waals surface area contributed by atoms with Gasteiger partial charge in [-0.15, -0.1) is 0 Å². The molecule has 4 heteroatoms. The average Bonchev–Trinajstić information content (AvgIpc) is 2.77. The van der Waals surface area contributed by atoms with Gasteiger partial charge in [-0.3, -0.25) is 5.10 Å². The molecule has 1 fully saturated rings. The van der Waals surface area contributed by atoms with Gasteiger partial charge in [-0.25, -0.2) is 0 Å². The van der Waals surface area contributed by atoms with Crippen molar-refractivity contribution in [2.45, 2.75) is 45.8 Å². The molecule has 15 heavy (non-hydrogen) atoms. The quantitative estimate of drug-likeness (QED) is 0.799. The Bertz CT molecular complexity index is 335. The molecule has 0 radical (unpaired) electrons. The summed E-state index contributed by atoms with van der Waals surface area (Å²) < 4.78 is 5.51. The Balaban J connectivity index is 2.07. The second-order valence-electron chi connectivity index (χ2n) is 4.14. The van der Waals surface area contributed by atoms with Crippen LogP contribution in [0.4, 0.5) is 5.82 Å². The fourth-order valence-electron chi connectivity index (χ4n) is 2.02. The van der Waals surface area contributed by atoms with E-state index in [4.69, 9.17) is 4.74 Å². The molecule has 2 atom stereocenters. The van der Waals surface area contributed by atoms with Crippen LogP contribution in [0, 0.1) is 6.92 Å². The van der Waals surface area contributed by atoms with Crippen LogP contribution in [-0.2, 0) is 11.2 Å². The zero-order chi connectivity index (χ0) is 10.8. The van der Waals surface area contributed by atoms with Gasteiger partial charge in [0.05, 0.1) is 12.1 Å². The zero-order valence-electron chi connectivity index (χ0n) is 9.63. The first kappa shape index (κ1) is 10.5. The van der Waals surface area contributed by atoms with E-state index in [1.54, 1.807) is 0 Å². The maximum atomic E-state index is 5.51. The smallest absolute Gasteiger partial charge is 0.151 e. The number of ether oxygens (including phenoxy) is 1. The Labute approximate surface area is 90.4 Å². The molecule has 2 heterocycles. The average molecular weight is 209 g/mol. The lowest BCUT2D eigenvalue weighted by atomic mass is 10.1. The van der Waals surface area contributed by atoms with Crippen LogP contribution in [0.2, 0.25) is 0 Å². The van der Waals surface area contributed by atoms with Crippen molar-refractivity contribution in [3.05, 3.63) is 11.3 Å². The monoisotopic (exact) mass is 209 g/mol. The fourth-order valence-corrected chi connectivity index (χ4v) is 2.02. The highest BCUT2D eigenvalue weighted by Crippen LogP contribution is 2.21. The molecule has 0 unspecified atom stereocenters. The van der Waals surface area contributed by atoms with E-state index in [0.29, 0.717) is 6.04 Å². The van der Waals surface area contributed by atoms with E-state index in [-0.39, 0.29) is 6.10 Å². The summed E-state index contributed by atoms with van der Waals surface area (Å²) in [4.78, 5) is 0. The Kier molecular flexibility index (Phi) is 2.95. The summed E-state index contributed by atoms with van der Waals surface area (Å²) in [5, 5.41) is 10.8. The van der Waals surface area contributed by atoms with Crippen molar-refractivity contribution >= 4 is 5.82 Å². The van der Waals surface area contributed by atoms with Crippen molar-refractivity contribution < 1.29 is 4.74 Å². The minimum absolute atomic E-state index is 0.283. The number of hydrogen-bond acceptors (Lipinski definition) is 3. The van der Waals surface area contributed by atoms with Gasteiger partial charge in [0.1, 0.15) is 0 Å². The lowest BCUT2D eigenvalue weighted by molar-refractivity contribution is 0.121. The molecule has 0 amide bonds. The molecule has 4 nitrogen and oxygen atoms in total. The van der Waals surface area contributed by atoms with Crippen LogP contribution in [0.15, 0.2) is 0 Å². The van der Waals surface area contributed by atoms with Crippen molar-refractivity contribution in [3.8, 4) is 0 Å². The van der Waals surface area contributed by atoms with Gasteiger partial charge in [0.25, 0.3) is 0 Å². The third-order valence-corrected chi connectivity index (χ3v) is 3.16. The Morgan fingerprint density at radius 1 is 1.60 bits per heavy atom. The van der Waals surface area contributed by atoms with Crippen LogP contribution >= 0.6 is 0 Å². The Hall–Kier alpha value is -1.03. The number of H-pyrrole nitrogens is 1. The number of nitrogens with one attached hydrogen (secondary N) is 2. The summed E-state index contributed by atoms with van der Waals surface area (Å²) in [5.41, 5.74) is 2.45. The van der Waals surface area contributed by atoms with E-state index < -0.39 is 0 Å². The molecule has 84 valence electrons. The molecule has 1 aliphatic rings. The highest BCUT2D eigenvalue weighted by atomic mass is 16.5. The van der Waals surface area contributed by atoms with E-state index >= 15 is 0 Å². The van der Waals surface area contributed by atoms with Gasteiger partial charge in [0.2, 0.25) is 0 Å². The zero-order valence-corrected chi connectivity index (χ0v) is 9.63. The number of aryl methyl sites for hydroxylation is 1. The summed E-state index contributed by atoms with van der Waals surface area (Å²) in [6.07, 6.45) is 2.35. The standard InChI is InChI=1S/C11H19N3O/c1-4-9-7(2)11(14-13-9)12-10-5-6-15-8(10)3/h8,10H,4-6H2,1-3H3,(H2,12,13,14)/t8-,10+/m1/s1. The summed E-state index contributed by atoms with van der Waals surface area (Å²) in [7, 11) is 0. The summed E-state index contributed by atoms with van der Waals surface area (Å²) in [6.45, 7) is 7.19. The molecule has 2 N–H and O–H groups in total. The van der Waals surface area contributed by atoms with Crippen LogP contribution in [0.1, 0.15) is 31.5 Å². The number of nitrogens with zero attached hydrogens (tertiary/aromatic N) is 1. The maximum absolute atomic E-state index is 5.51. The first-order valence-corrected chi connectivity index (χ1v) is 5.64. The molecule has 0 saturated carbocycles. The van der Waals surface area contributed by atoms with Crippen LogP contribution in [-0.4, -0.2) is 29.0 Å². The molecule has 1 aromatic rings. The highest BCUT2D eigenvalue weighted by molar-refractivity contribution is 5.46. The molecule has 0 spiro atoms. The van der Waals surface area contributed by atoms with Gasteiger partial charge >= 0.3 is 0 Å². The van der Waals surface area contributed by atoms with Gasteiger partial charge < -0.3 is 10.1 Å². The fraction of sp³-hybridized carbons (Fsp3) is 0.727. The van der Waals surface area contributed by atoms with Gasteiger partial charge in [0, 0.05) is 17.9 Å². The number of hydrogen-bond donors (Lipinski definition) is 2. The molecule has 1 aromatic heterocycles. The van der Waals surface area contributed by atoms with E-state index in [1.165, 1.54) is 11.3 Å². The van der Waals surface area contributed by atoms with E-state index in [1.807, 2.05) is 0 Å². The third kappa shape index (κ3) is 2.00. The topological polar surface area (TPSA) is 49.9 Å². The van der Waals surface area contributed by atoms with Crippen molar-refractivity contribution in [3.63, 3.8) is 0 Å². The molecule has 0 bridgehead atoms. The molecule has 1 saturated heterocycles. The summed E-state index contributed by atoms with van der Waals surface area (Å²) in [6, 6.07) is 0.400. The largest absolute Gasteiger partial charge is 0.376 e. The number of aromatic amines is 1. The predicted molar refractivity (Wildman–Crippen MR) is 60.1 cm³/mol. The second kappa shape index (κ2) is 4.23. The van der Waals surface area contributed by atoms with Gasteiger partial charge in [0.15, 0.2) is 5.82 Å². The molecular weight excluding hydrogens is 190 g/mol. The highest BCUT2D eigenvalue weighted by Gasteiger charge is 2.25. The predicted octanol–water partition coefficient (Wildman–Crippen LogP) is 1.87. The minimum atomic E-state index is 0.283. The van der Waals surface area contributed by atoms with Crippen LogP contribution < -0.4 is 5.32 Å². The molecule has 1 aliphatic heterocycles. The van der Waals surface area contributed by atoms with Gasteiger partial charge in [-0.2, -0.15) is 5.10 Å². The molecular formula is C11H19N3O. The normalized spacial score (nSPS) is 25.8. The third-order valence-electron chi connectivity index (χ3n) is 3.16. The van der Waals surface area contributed by atoms with E-state index in [9.17, 15) is 0 Å². The maximum Gasteiger partial charge on any atom is 0.151 e. The summed E-state index contributed by atoms with van der Waals surface area (Å²) >= 11 is 0. The molecule has 2 rings (SSSR count). The number of anilines is 1. The molecule has 0 aliphatic carbocycles. The van der Waals surface area contributed by atoms with E-state index in [2.05, 4.69) is 36.3 Å². The van der Waals surface area contributed by atoms with Crippen molar-refractivity contribution in [2.24, 2.45) is 0 Å². The first-order valence-electron chi connectivity index (χ1n) is 5.64. The van der Waals surface area contributed by atoms with Gasteiger partial charge in [-0.1, -0.05) is 6.92 Å². The van der Waals surface area contributed by atoms with Crippen LogP contribution in [0.3, 0.4) is 0 Å². The van der Waals surface area contributed by atoms with Crippen LogP contribution in [0.25, 0.3) is 0 Å². The summed E-state index contributed by atoms with van der Waals surface area (Å²) in [5.74, 6) is 0.981. The van der Waals surface area contributed by atoms with Crippen molar-refractivity contribution in [1.82, 2.24) is 10.2 Å². The number of rotatable bonds is 3. The van der Waals surface area contributed by atoms with Crippen molar-refractivity contribution in [1.29, 1.82) is 0 Å². The lowest BCUT2D eigenvalue weighted by Crippen LogP contribution is -2.27. The van der Waals surface area contributed by atoms with Crippen molar-refractivity contribution in [2.75, 3.05) is 11.9 Å². The number of aromatic nitrogens is 2. The van der Waals surface area contributed by atoms with Gasteiger partial charge in [-0.05, 0) is 26.7 Å². The van der Waals surface area contributed by atoms with E-state index in [0.717, 1.165) is 25.3 Å². The SMILES string of the molecule is CCc1[nH]nc(N[C@H]2CCO[C@@H]2C)c1C. The Morgan fingerprint density at radius 2 is 2.40 bits per heavy atom. The molecule has 0 aromatic carbocycles. The second-order valence-corrected chi connectivity index (χ2v) is 4.14. The first-order chi connectivity index (χ1) is 7.22. The lowest BCUT2D eigenvalue weighted by Gasteiger charge is -2.15. The Morgan fingerprint density at radius 3 is 2.93 bits per heavy atom.